The third kappa shape index (κ3) is 3.63. The fraction of sp³-hybridized carbons (Fsp3) is 0.250. The third-order valence-electron chi connectivity index (χ3n) is 4.23. The van der Waals surface area contributed by atoms with Crippen LogP contribution in [0.2, 0.25) is 5.02 Å². The zero-order valence-corrected chi connectivity index (χ0v) is 15.4. The average Bonchev–Trinajstić information content (AvgIpc) is 2.99. The van der Waals surface area contributed by atoms with Gasteiger partial charge in [-0.3, -0.25) is 0 Å². The summed E-state index contributed by atoms with van der Waals surface area (Å²) in [6.07, 6.45) is -2.59. The normalized spacial score (nSPS) is 12.0. The summed E-state index contributed by atoms with van der Waals surface area (Å²) in [5.74, 6) is 0.278. The minimum absolute atomic E-state index is 0.278. The van der Waals surface area contributed by atoms with Crippen LogP contribution in [0.1, 0.15) is 36.6 Å². The van der Waals surface area contributed by atoms with E-state index in [1.807, 2.05) is 37.4 Å². The molecule has 0 atom stereocenters. The number of nitrogens with zero attached hydrogens (tertiary/aromatic N) is 2. The number of benzene rings is 2. The summed E-state index contributed by atoms with van der Waals surface area (Å²) < 4.78 is 40.5. The number of hydrogen-bond donors (Lipinski definition) is 0. The van der Waals surface area contributed by atoms with Gasteiger partial charge in [-0.15, -0.1) is 0 Å². The number of halogens is 4. The van der Waals surface area contributed by atoms with Gasteiger partial charge in [0.1, 0.15) is 0 Å². The lowest BCUT2D eigenvalue weighted by molar-refractivity contribution is -0.137. The Balaban J connectivity index is 2.11. The molecular formula is C20H18ClF3N2. The predicted molar refractivity (Wildman–Crippen MR) is 97.8 cm³/mol. The van der Waals surface area contributed by atoms with Gasteiger partial charge in [-0.2, -0.15) is 18.3 Å². The van der Waals surface area contributed by atoms with E-state index in [4.69, 9.17) is 11.6 Å². The molecule has 0 aliphatic carbocycles. The first-order valence-electron chi connectivity index (χ1n) is 8.20. The summed E-state index contributed by atoms with van der Waals surface area (Å²) in [6.45, 7) is 6.08. The Bertz CT molecular complexity index is 942. The number of aryl methyl sites for hydroxylation is 1. The van der Waals surface area contributed by atoms with Crippen molar-refractivity contribution in [2.24, 2.45) is 0 Å². The number of rotatable bonds is 3. The Labute approximate surface area is 155 Å². The van der Waals surface area contributed by atoms with Gasteiger partial charge < -0.3 is 0 Å². The molecule has 0 bridgehead atoms. The van der Waals surface area contributed by atoms with Gasteiger partial charge >= 0.3 is 6.18 Å². The first kappa shape index (κ1) is 18.5. The van der Waals surface area contributed by atoms with Crippen molar-refractivity contribution in [2.45, 2.75) is 32.9 Å². The standard InChI is InChI=1S/C20H18ClF3N2/c1-12(2)16-6-4-15(11-19(16)26-9-8-13(3)25-26)14-5-7-17(18(21)10-14)20(22,23)24/h4-12H,1-3H3. The molecule has 0 aliphatic heterocycles. The van der Waals surface area contributed by atoms with E-state index in [0.717, 1.165) is 28.6 Å². The second kappa shape index (κ2) is 6.80. The Morgan fingerprint density at radius 1 is 1.00 bits per heavy atom. The van der Waals surface area contributed by atoms with Crippen LogP contribution >= 0.6 is 11.6 Å². The molecule has 3 aromatic rings. The lowest BCUT2D eigenvalue weighted by Crippen LogP contribution is -2.06. The van der Waals surface area contributed by atoms with E-state index in [-0.39, 0.29) is 10.9 Å². The molecule has 0 saturated heterocycles. The Morgan fingerprint density at radius 3 is 2.19 bits per heavy atom. The van der Waals surface area contributed by atoms with Crippen LogP contribution in [0.25, 0.3) is 16.8 Å². The van der Waals surface area contributed by atoms with Crippen molar-refractivity contribution in [3.05, 3.63) is 70.5 Å². The van der Waals surface area contributed by atoms with Crippen LogP contribution in [0.4, 0.5) is 13.2 Å². The Hall–Kier alpha value is -2.27. The van der Waals surface area contributed by atoms with Crippen LogP contribution in [0.5, 0.6) is 0 Å². The lowest BCUT2D eigenvalue weighted by Gasteiger charge is -2.16. The van der Waals surface area contributed by atoms with E-state index in [1.165, 1.54) is 12.1 Å². The van der Waals surface area contributed by atoms with Gasteiger partial charge in [-0.1, -0.05) is 43.6 Å². The molecular weight excluding hydrogens is 361 g/mol. The monoisotopic (exact) mass is 378 g/mol. The van der Waals surface area contributed by atoms with Gasteiger partial charge in [-0.05, 0) is 53.8 Å². The highest BCUT2D eigenvalue weighted by Gasteiger charge is 2.33. The molecule has 0 aliphatic rings. The van der Waals surface area contributed by atoms with E-state index in [1.54, 1.807) is 4.68 Å². The summed E-state index contributed by atoms with van der Waals surface area (Å²) in [4.78, 5) is 0. The van der Waals surface area contributed by atoms with Crippen molar-refractivity contribution in [3.63, 3.8) is 0 Å². The van der Waals surface area contributed by atoms with E-state index in [2.05, 4.69) is 18.9 Å². The Kier molecular flexibility index (Phi) is 4.84. The van der Waals surface area contributed by atoms with Crippen molar-refractivity contribution in [3.8, 4) is 16.8 Å². The van der Waals surface area contributed by atoms with Gasteiger partial charge in [0.05, 0.1) is 22.0 Å². The minimum atomic E-state index is -4.46. The smallest absolute Gasteiger partial charge is 0.240 e. The van der Waals surface area contributed by atoms with Crippen LogP contribution in [0.3, 0.4) is 0 Å². The molecule has 136 valence electrons. The minimum Gasteiger partial charge on any atom is -0.240 e. The highest BCUT2D eigenvalue weighted by atomic mass is 35.5. The molecule has 0 saturated carbocycles. The fourth-order valence-electron chi connectivity index (χ4n) is 2.88. The summed E-state index contributed by atoms with van der Waals surface area (Å²) >= 11 is 5.87. The molecule has 2 nitrogen and oxygen atoms in total. The number of hydrogen-bond acceptors (Lipinski definition) is 1. The third-order valence-corrected chi connectivity index (χ3v) is 4.54. The molecule has 1 aromatic heterocycles. The van der Waals surface area contributed by atoms with E-state index >= 15 is 0 Å². The first-order valence-corrected chi connectivity index (χ1v) is 8.58. The lowest BCUT2D eigenvalue weighted by atomic mass is 9.96. The van der Waals surface area contributed by atoms with Crippen LogP contribution in [0, 0.1) is 6.92 Å². The van der Waals surface area contributed by atoms with Crippen LogP contribution in [0.15, 0.2) is 48.7 Å². The first-order chi connectivity index (χ1) is 12.2. The molecule has 0 fully saturated rings. The van der Waals surface area contributed by atoms with Crippen LogP contribution in [-0.2, 0) is 6.18 Å². The molecule has 6 heteroatoms. The maximum Gasteiger partial charge on any atom is 0.417 e. The molecule has 0 unspecified atom stereocenters. The molecule has 0 radical (unpaired) electrons. The molecule has 0 N–H and O–H groups in total. The van der Waals surface area contributed by atoms with Crippen molar-refractivity contribution in [1.29, 1.82) is 0 Å². The van der Waals surface area contributed by atoms with E-state index in [0.29, 0.717) is 5.56 Å². The highest BCUT2D eigenvalue weighted by Crippen LogP contribution is 2.37. The fourth-order valence-corrected chi connectivity index (χ4v) is 3.17. The van der Waals surface area contributed by atoms with Gasteiger partial charge in [0, 0.05) is 6.20 Å². The zero-order chi connectivity index (χ0) is 19.1. The summed E-state index contributed by atoms with van der Waals surface area (Å²) in [5.41, 5.74) is 3.49. The van der Waals surface area contributed by atoms with Gasteiger partial charge in [-0.25, -0.2) is 4.68 Å². The van der Waals surface area contributed by atoms with Crippen molar-refractivity contribution < 1.29 is 13.2 Å². The molecule has 0 spiro atoms. The van der Waals surface area contributed by atoms with Crippen molar-refractivity contribution >= 4 is 11.6 Å². The van der Waals surface area contributed by atoms with Gasteiger partial charge in [0.15, 0.2) is 0 Å². The van der Waals surface area contributed by atoms with Crippen molar-refractivity contribution in [2.75, 3.05) is 0 Å². The maximum absolute atomic E-state index is 12.9. The van der Waals surface area contributed by atoms with Crippen LogP contribution in [-0.4, -0.2) is 9.78 Å². The molecule has 0 amide bonds. The molecule has 3 rings (SSSR count). The number of aromatic nitrogens is 2. The second-order valence-electron chi connectivity index (χ2n) is 6.52. The quantitative estimate of drug-likeness (QED) is 0.499. The zero-order valence-electron chi connectivity index (χ0n) is 14.6. The maximum atomic E-state index is 12.9. The largest absolute Gasteiger partial charge is 0.417 e. The summed E-state index contributed by atoms with van der Waals surface area (Å²) in [7, 11) is 0. The number of alkyl halides is 3. The topological polar surface area (TPSA) is 17.8 Å². The van der Waals surface area contributed by atoms with Gasteiger partial charge in [0.25, 0.3) is 0 Å². The molecule has 2 aromatic carbocycles. The van der Waals surface area contributed by atoms with Crippen molar-refractivity contribution in [1.82, 2.24) is 9.78 Å². The van der Waals surface area contributed by atoms with E-state index < -0.39 is 11.7 Å². The second-order valence-corrected chi connectivity index (χ2v) is 6.93. The Morgan fingerprint density at radius 2 is 1.65 bits per heavy atom. The summed E-state index contributed by atoms with van der Waals surface area (Å²) in [6, 6.07) is 11.5. The highest BCUT2D eigenvalue weighted by molar-refractivity contribution is 6.31. The van der Waals surface area contributed by atoms with E-state index in [9.17, 15) is 13.2 Å². The van der Waals surface area contributed by atoms with Gasteiger partial charge in [0.2, 0.25) is 0 Å². The molecule has 1 heterocycles. The SMILES string of the molecule is Cc1ccn(-c2cc(-c3ccc(C(F)(F)F)c(Cl)c3)ccc2C(C)C)n1. The van der Waals surface area contributed by atoms with Crippen LogP contribution < -0.4 is 0 Å². The predicted octanol–water partition coefficient (Wildman–Crippen LogP) is 6.64. The molecule has 26 heavy (non-hydrogen) atoms. The average molecular weight is 379 g/mol. The summed E-state index contributed by atoms with van der Waals surface area (Å²) in [5, 5.41) is 4.16.